The van der Waals surface area contributed by atoms with Crippen molar-refractivity contribution in [1.82, 2.24) is 9.80 Å². The third-order valence-electron chi connectivity index (χ3n) is 4.61. The molecule has 1 aliphatic heterocycles. The monoisotopic (exact) mass is 444 g/mol. The van der Waals surface area contributed by atoms with Crippen molar-refractivity contribution in [3.63, 3.8) is 0 Å². The van der Waals surface area contributed by atoms with Crippen molar-refractivity contribution in [2.75, 3.05) is 39.6 Å². The van der Waals surface area contributed by atoms with Crippen LogP contribution in [0.3, 0.4) is 0 Å². The van der Waals surface area contributed by atoms with Gasteiger partial charge < -0.3 is 15.0 Å². The van der Waals surface area contributed by atoms with E-state index in [2.05, 4.69) is 10.3 Å². The average molecular weight is 445 g/mol. The van der Waals surface area contributed by atoms with Gasteiger partial charge in [0, 0.05) is 19.5 Å². The first-order valence-corrected chi connectivity index (χ1v) is 10.7. The Hall–Kier alpha value is -2.91. The third-order valence-corrected chi connectivity index (χ3v) is 5.79. The highest BCUT2D eigenvalue weighted by Gasteiger charge is 2.39. The van der Waals surface area contributed by atoms with Crippen molar-refractivity contribution in [3.8, 4) is 5.75 Å². The minimum Gasteiger partial charge on any atom is -0.494 e. The molecule has 164 valence electrons. The number of carbonyl (C=O) groups is 2. The summed E-state index contributed by atoms with van der Waals surface area (Å²) >= 11 is 1.23. The minimum atomic E-state index is -0.637. The van der Waals surface area contributed by atoms with E-state index in [9.17, 15) is 14.0 Å². The second-order valence-electron chi connectivity index (χ2n) is 7.20. The number of carbonyl (C=O) groups excluding carboxylic acids is 2. The number of halogens is 1. The van der Waals surface area contributed by atoms with Crippen LogP contribution in [-0.4, -0.2) is 66.3 Å². The summed E-state index contributed by atoms with van der Waals surface area (Å²) in [6.45, 7) is 1.09. The van der Waals surface area contributed by atoms with E-state index in [-0.39, 0.29) is 18.0 Å². The largest absolute Gasteiger partial charge is 0.494 e. The molecule has 0 saturated carbocycles. The van der Waals surface area contributed by atoms with Gasteiger partial charge in [-0.3, -0.25) is 14.5 Å². The van der Waals surface area contributed by atoms with E-state index in [1.54, 1.807) is 36.3 Å². The number of ether oxygens (including phenoxy) is 1. The minimum absolute atomic E-state index is 0.0821. The molecule has 9 heteroatoms. The Morgan fingerprint density at radius 3 is 2.65 bits per heavy atom. The molecule has 31 heavy (non-hydrogen) atoms. The van der Waals surface area contributed by atoms with Crippen LogP contribution in [-0.2, 0) is 9.59 Å². The third kappa shape index (κ3) is 5.83. The second kappa shape index (κ2) is 10.4. The van der Waals surface area contributed by atoms with Crippen molar-refractivity contribution < 1.29 is 18.7 Å². The molecular weight excluding hydrogens is 419 g/mol. The highest BCUT2D eigenvalue weighted by atomic mass is 32.2. The van der Waals surface area contributed by atoms with Crippen LogP contribution in [0.15, 0.2) is 53.5 Å². The van der Waals surface area contributed by atoms with Crippen LogP contribution in [0.1, 0.15) is 6.42 Å². The molecule has 3 rings (SSSR count). The quantitative estimate of drug-likeness (QED) is 0.676. The van der Waals surface area contributed by atoms with Crippen molar-refractivity contribution in [2.24, 2.45) is 4.99 Å². The molecule has 1 N–H and O–H groups in total. The van der Waals surface area contributed by atoms with Gasteiger partial charge in [-0.25, -0.2) is 9.38 Å². The maximum atomic E-state index is 13.8. The van der Waals surface area contributed by atoms with E-state index in [1.165, 1.54) is 23.9 Å². The molecule has 2 aromatic rings. The molecule has 1 atom stereocenters. The molecular formula is C22H25FN4O3S. The van der Waals surface area contributed by atoms with E-state index < -0.39 is 17.0 Å². The Kier molecular flexibility index (Phi) is 7.64. The molecule has 1 heterocycles. The summed E-state index contributed by atoms with van der Waals surface area (Å²) in [5, 5.41) is 2.42. The summed E-state index contributed by atoms with van der Waals surface area (Å²) in [5.74, 6) is -0.546. The van der Waals surface area contributed by atoms with Crippen LogP contribution in [0.2, 0.25) is 0 Å². The number of rotatable bonds is 8. The van der Waals surface area contributed by atoms with Gasteiger partial charge in [0.25, 0.3) is 0 Å². The fourth-order valence-corrected chi connectivity index (χ4v) is 4.17. The van der Waals surface area contributed by atoms with Crippen molar-refractivity contribution >= 4 is 40.1 Å². The number of likely N-dealkylation sites (N-methyl/N-ethyl adjacent to an activating group) is 1. The number of anilines is 1. The zero-order valence-corrected chi connectivity index (χ0v) is 18.5. The number of nitrogens with zero attached hydrogens (tertiary/aromatic N) is 3. The number of hydrogen-bond acceptors (Lipinski definition) is 6. The van der Waals surface area contributed by atoms with Crippen molar-refractivity contribution in [2.45, 2.75) is 11.7 Å². The second-order valence-corrected chi connectivity index (χ2v) is 8.37. The van der Waals surface area contributed by atoms with Gasteiger partial charge in [0.15, 0.2) is 5.17 Å². The number of aliphatic imine (C=N–C) groups is 1. The van der Waals surface area contributed by atoms with Crippen LogP contribution in [0.5, 0.6) is 5.75 Å². The Morgan fingerprint density at radius 2 is 1.94 bits per heavy atom. The SMILES string of the molecule is COc1ccccc1N=C1S[C@@H](CC(=O)Nc2ccccc2F)C(=O)N1CCN(C)C. The molecule has 0 bridgehead atoms. The van der Waals surface area contributed by atoms with E-state index in [1.807, 2.05) is 31.1 Å². The van der Waals surface area contributed by atoms with Gasteiger partial charge in [0.05, 0.1) is 12.8 Å². The van der Waals surface area contributed by atoms with Crippen molar-refractivity contribution in [3.05, 3.63) is 54.3 Å². The molecule has 2 amide bonds. The number of amidine groups is 1. The Bertz CT molecular complexity index is 983. The fourth-order valence-electron chi connectivity index (χ4n) is 2.99. The van der Waals surface area contributed by atoms with E-state index in [4.69, 9.17) is 4.74 Å². The zero-order valence-electron chi connectivity index (χ0n) is 17.7. The molecule has 1 aliphatic rings. The van der Waals surface area contributed by atoms with Gasteiger partial charge in [-0.1, -0.05) is 36.0 Å². The maximum Gasteiger partial charge on any atom is 0.242 e. The fraction of sp³-hybridized carbons (Fsp3) is 0.318. The number of thioether (sulfide) groups is 1. The van der Waals surface area contributed by atoms with Gasteiger partial charge in [0.1, 0.15) is 22.5 Å². The number of benzene rings is 2. The highest BCUT2D eigenvalue weighted by molar-refractivity contribution is 8.15. The summed E-state index contributed by atoms with van der Waals surface area (Å²) in [6, 6.07) is 13.2. The first-order chi connectivity index (χ1) is 14.9. The lowest BCUT2D eigenvalue weighted by Gasteiger charge is -2.19. The molecule has 0 radical (unpaired) electrons. The molecule has 1 fully saturated rings. The molecule has 7 nitrogen and oxygen atoms in total. The van der Waals surface area contributed by atoms with Gasteiger partial charge >= 0.3 is 0 Å². The predicted molar refractivity (Wildman–Crippen MR) is 121 cm³/mol. The standard InChI is InChI=1S/C22H25FN4O3S/c1-26(2)12-13-27-21(29)19(14-20(28)24-16-9-5-4-8-15(16)23)31-22(27)25-17-10-6-7-11-18(17)30-3/h4-11,19H,12-14H2,1-3H3,(H,24,28)/t19-/m0/s1. The highest BCUT2D eigenvalue weighted by Crippen LogP contribution is 2.34. The van der Waals surface area contributed by atoms with Gasteiger partial charge in [-0.2, -0.15) is 0 Å². The lowest BCUT2D eigenvalue weighted by Crippen LogP contribution is -2.38. The number of nitrogens with one attached hydrogen (secondary N) is 1. The maximum absolute atomic E-state index is 13.8. The van der Waals surface area contributed by atoms with Crippen LogP contribution >= 0.6 is 11.8 Å². The summed E-state index contributed by atoms with van der Waals surface area (Å²) in [7, 11) is 5.40. The van der Waals surface area contributed by atoms with Gasteiger partial charge in [-0.05, 0) is 38.4 Å². The van der Waals surface area contributed by atoms with Crippen molar-refractivity contribution in [1.29, 1.82) is 0 Å². The summed E-state index contributed by atoms with van der Waals surface area (Å²) in [4.78, 5) is 33.7. The Balaban J connectivity index is 1.79. The van der Waals surface area contributed by atoms with Crippen LogP contribution in [0.4, 0.5) is 15.8 Å². The number of hydrogen-bond donors (Lipinski definition) is 1. The molecule has 0 unspecified atom stereocenters. The molecule has 1 saturated heterocycles. The molecule has 0 spiro atoms. The molecule has 0 aromatic heterocycles. The van der Waals surface area contributed by atoms with Crippen LogP contribution < -0.4 is 10.1 Å². The number of methoxy groups -OCH3 is 1. The first kappa shape index (κ1) is 22.8. The zero-order chi connectivity index (χ0) is 22.4. The molecule has 2 aromatic carbocycles. The average Bonchev–Trinajstić information content (AvgIpc) is 3.02. The number of amides is 2. The van der Waals surface area contributed by atoms with Gasteiger partial charge in [0.2, 0.25) is 11.8 Å². The first-order valence-electron chi connectivity index (χ1n) is 9.78. The van der Waals surface area contributed by atoms with E-state index in [0.29, 0.717) is 29.7 Å². The van der Waals surface area contributed by atoms with Gasteiger partial charge in [-0.15, -0.1) is 0 Å². The lowest BCUT2D eigenvalue weighted by atomic mass is 10.2. The lowest BCUT2D eigenvalue weighted by molar-refractivity contribution is -0.128. The molecule has 0 aliphatic carbocycles. The normalized spacial score (nSPS) is 17.5. The predicted octanol–water partition coefficient (Wildman–Crippen LogP) is 3.36. The van der Waals surface area contributed by atoms with Crippen LogP contribution in [0, 0.1) is 5.82 Å². The Morgan fingerprint density at radius 1 is 1.23 bits per heavy atom. The summed E-state index contributed by atoms with van der Waals surface area (Å²) < 4.78 is 19.2. The smallest absolute Gasteiger partial charge is 0.242 e. The summed E-state index contributed by atoms with van der Waals surface area (Å²) in [5.41, 5.74) is 0.696. The summed E-state index contributed by atoms with van der Waals surface area (Å²) in [6.07, 6.45) is -0.0821. The van der Waals surface area contributed by atoms with Crippen LogP contribution in [0.25, 0.3) is 0 Å². The Labute approximate surface area is 185 Å². The van der Waals surface area contributed by atoms with E-state index in [0.717, 1.165) is 0 Å². The van der Waals surface area contributed by atoms with E-state index >= 15 is 0 Å². The topological polar surface area (TPSA) is 74.2 Å². The number of para-hydroxylation sites is 3.